The van der Waals surface area contributed by atoms with Crippen LogP contribution in [-0.4, -0.2) is 178 Å². The fourth-order valence-corrected chi connectivity index (χ4v) is 13.8. The number of terminal acetylenes is 3. The molecule has 0 saturated carbocycles. The molecule has 16 heterocycles. The first kappa shape index (κ1) is 77.6. The van der Waals surface area contributed by atoms with E-state index < -0.39 is 11.2 Å². The molecule has 3 aliphatic heterocycles. The number of hydrogen-bond acceptors (Lipinski definition) is 20. The van der Waals surface area contributed by atoms with Gasteiger partial charge in [-0.25, -0.2) is 23.5 Å². The summed E-state index contributed by atoms with van der Waals surface area (Å²) in [5, 5.41) is 37.8. The SMILES string of the molecule is C#Cc1cnn2cc(-c3cnn(C)c3)cc(-c3ccc(C4=CCN(Cc5ccc(OC)nc5)CC4)nc3)c12.C#Cc1cnn2cc(OCC(C)(C)O)cc(-c3ccc(C4=CCN(Cc5ccc(OC)cn5)CC4)nc3)c12.C#Cc1cnn2cc(OCC(C)(C)O)cc(-c3ccc(C4=CCN(Cc5ccc(OC)nc5)CC4)nc3)c12. The zero-order chi connectivity index (χ0) is 79.5. The highest BCUT2D eigenvalue weighted by molar-refractivity contribution is 5.89. The van der Waals surface area contributed by atoms with Crippen LogP contribution in [-0.2, 0) is 26.7 Å². The summed E-state index contributed by atoms with van der Waals surface area (Å²) in [6.07, 6.45) is 52.5. The number of nitrogens with zero attached hydrogens (tertiary/aromatic N) is 17. The highest BCUT2D eigenvalue weighted by atomic mass is 16.5. The Labute approximate surface area is 662 Å². The van der Waals surface area contributed by atoms with E-state index in [0.29, 0.717) is 34.4 Å². The van der Waals surface area contributed by atoms with Crippen LogP contribution in [0.2, 0.25) is 0 Å². The Bertz CT molecular complexity index is 5560. The van der Waals surface area contributed by atoms with Gasteiger partial charge in [-0.15, -0.1) is 19.3 Å². The van der Waals surface area contributed by atoms with Gasteiger partial charge in [0.05, 0.1) is 132 Å². The van der Waals surface area contributed by atoms with Crippen molar-refractivity contribution in [2.75, 3.05) is 73.8 Å². The Morgan fingerprint density at radius 3 is 1.17 bits per heavy atom. The van der Waals surface area contributed by atoms with Crippen molar-refractivity contribution in [2.24, 2.45) is 7.05 Å². The minimum absolute atomic E-state index is 0.151. The first-order valence-corrected chi connectivity index (χ1v) is 37.5. The van der Waals surface area contributed by atoms with Gasteiger partial charge in [0, 0.05) is 166 Å². The summed E-state index contributed by atoms with van der Waals surface area (Å²) in [6, 6.07) is 30.3. The number of rotatable bonds is 22. The molecule has 24 nitrogen and oxygen atoms in total. The second kappa shape index (κ2) is 34.6. The van der Waals surface area contributed by atoms with Gasteiger partial charge in [-0.1, -0.05) is 66.3 Å². The topological polar surface area (TPSA) is 243 Å². The van der Waals surface area contributed by atoms with Crippen molar-refractivity contribution in [1.82, 2.24) is 83.2 Å². The molecular formula is C90H89N17O7. The Morgan fingerprint density at radius 2 is 0.833 bits per heavy atom. The maximum absolute atomic E-state index is 10.1. The number of aliphatic hydroxyl groups is 2. The first-order valence-electron chi connectivity index (χ1n) is 37.5. The lowest BCUT2D eigenvalue weighted by molar-refractivity contribution is 0.0280. The fraction of sp³-hybridized carbons (Fsp3) is 0.267. The molecule has 2 N–H and O–H groups in total. The molecule has 0 atom stereocenters. The van der Waals surface area contributed by atoms with Crippen molar-refractivity contribution in [2.45, 2.75) is 77.8 Å². The third-order valence-corrected chi connectivity index (χ3v) is 19.8. The maximum atomic E-state index is 10.1. The third kappa shape index (κ3) is 18.7. The molecule has 0 spiro atoms. The van der Waals surface area contributed by atoms with Crippen LogP contribution < -0.4 is 23.7 Å². The second-order valence-electron chi connectivity index (χ2n) is 29.5. The summed E-state index contributed by atoms with van der Waals surface area (Å²) in [7, 11) is 6.81. The fourth-order valence-electron chi connectivity index (χ4n) is 13.8. The summed E-state index contributed by atoms with van der Waals surface area (Å²) < 4.78 is 34.3. The Balaban J connectivity index is 0.000000141. The molecule has 0 fully saturated rings. The largest absolute Gasteiger partial charge is 0.495 e. The number of aromatic nitrogens is 14. The zero-order valence-electron chi connectivity index (χ0n) is 65.1. The van der Waals surface area contributed by atoms with Crippen molar-refractivity contribution in [3.8, 4) is 111 Å². The van der Waals surface area contributed by atoms with E-state index in [-0.39, 0.29) is 13.2 Å². The summed E-state index contributed by atoms with van der Waals surface area (Å²) in [5.74, 6) is 11.4. The van der Waals surface area contributed by atoms with Gasteiger partial charge < -0.3 is 33.9 Å². The van der Waals surface area contributed by atoms with Crippen LogP contribution >= 0.6 is 0 Å². The van der Waals surface area contributed by atoms with E-state index >= 15 is 0 Å². The van der Waals surface area contributed by atoms with Crippen LogP contribution in [0.3, 0.4) is 0 Å². The van der Waals surface area contributed by atoms with E-state index in [0.717, 1.165) is 179 Å². The standard InChI is InChI=1S/C30H27N7O.2C30H31N5O3/c1-4-22-16-34-37-20-25(26-17-33-35(2)19-26)13-27(30(22)37)24-6-7-28(31-15-24)23-9-11-36(12-10-23)18-21-5-8-29(38-3)32-14-21;1-5-22-17-33-35-19-25(38-20-30(2,3)36)14-26(29(22)35)24-7-8-27(31-16-24)23-10-12-34(13-11-23)18-21-6-9-28(37-4)32-15-21;1-5-21-16-33-35-19-26(38-20-30(2,3)36)14-27(29(21)35)23-6-9-28(32-15-23)22-10-12-34(13-11-22)18-24-7-8-25(37-4)17-31-24/h1,5-9,13-17,19-20H,10-12,18H2,2-3H3;2*1,6-10,14-17,19,36H,11-13,18,20H2,2-4H3. The smallest absolute Gasteiger partial charge is 0.212 e. The summed E-state index contributed by atoms with van der Waals surface area (Å²) >= 11 is 0. The van der Waals surface area contributed by atoms with Gasteiger partial charge in [0.15, 0.2) is 0 Å². The molecule has 0 radical (unpaired) electrons. The highest BCUT2D eigenvalue weighted by Crippen LogP contribution is 2.37. The summed E-state index contributed by atoms with van der Waals surface area (Å²) in [6.45, 7) is 15.0. The van der Waals surface area contributed by atoms with E-state index in [4.69, 9.17) is 57.9 Å². The number of ether oxygens (including phenoxy) is 5. The monoisotopic (exact) mass is 1520 g/mol. The van der Waals surface area contributed by atoms with Crippen LogP contribution in [0, 0.1) is 37.0 Å². The molecule has 114 heavy (non-hydrogen) atoms. The average molecular weight is 1520 g/mol. The van der Waals surface area contributed by atoms with Gasteiger partial charge in [0.25, 0.3) is 0 Å². The van der Waals surface area contributed by atoms with Crippen LogP contribution in [0.1, 0.15) is 97.6 Å². The van der Waals surface area contributed by atoms with E-state index in [1.54, 1.807) is 99.9 Å². The molecule has 13 aromatic rings. The minimum Gasteiger partial charge on any atom is -0.495 e. The third-order valence-electron chi connectivity index (χ3n) is 19.8. The average Bonchev–Trinajstić information content (AvgIpc) is 1.64. The van der Waals surface area contributed by atoms with E-state index in [9.17, 15) is 10.2 Å². The van der Waals surface area contributed by atoms with Gasteiger partial charge in [-0.3, -0.25) is 39.3 Å². The number of methoxy groups -OCH3 is 3. The van der Waals surface area contributed by atoms with Crippen molar-refractivity contribution < 1.29 is 33.9 Å². The maximum Gasteiger partial charge on any atom is 0.212 e. The van der Waals surface area contributed by atoms with Gasteiger partial charge in [-0.05, 0) is 123 Å². The molecule has 13 aromatic heterocycles. The molecule has 24 heteroatoms. The van der Waals surface area contributed by atoms with Crippen molar-refractivity contribution in [3.05, 3.63) is 247 Å². The zero-order valence-corrected chi connectivity index (χ0v) is 65.1. The minimum atomic E-state index is -0.957. The number of pyridine rings is 9. The molecule has 0 aromatic carbocycles. The Kier molecular flexibility index (Phi) is 23.6. The molecule has 0 unspecified atom stereocenters. The van der Waals surface area contributed by atoms with Crippen LogP contribution in [0.4, 0.5) is 0 Å². The van der Waals surface area contributed by atoms with E-state index in [1.165, 1.54) is 22.3 Å². The molecule has 16 rings (SSSR count). The lowest BCUT2D eigenvalue weighted by atomic mass is 9.99. The Hall–Kier alpha value is -13.1. The second-order valence-corrected chi connectivity index (χ2v) is 29.5. The molecule has 0 amide bonds. The predicted octanol–water partition coefficient (Wildman–Crippen LogP) is 12.9. The predicted molar refractivity (Wildman–Crippen MR) is 441 cm³/mol. The van der Waals surface area contributed by atoms with E-state index in [1.807, 2.05) is 97.5 Å². The number of hydrogen-bond donors (Lipinski definition) is 2. The van der Waals surface area contributed by atoms with Gasteiger partial charge in [0.2, 0.25) is 11.8 Å². The number of fused-ring (bicyclic) bond motifs is 3. The van der Waals surface area contributed by atoms with E-state index in [2.05, 4.69) is 141 Å². The molecular weight excluding hydrogens is 1430 g/mol. The highest BCUT2D eigenvalue weighted by Gasteiger charge is 2.24. The molecule has 0 aliphatic carbocycles. The van der Waals surface area contributed by atoms with Crippen LogP contribution in [0.15, 0.2) is 196 Å². The van der Waals surface area contributed by atoms with Gasteiger partial charge >= 0.3 is 0 Å². The molecule has 3 aliphatic rings. The first-order chi connectivity index (χ1) is 55.3. The van der Waals surface area contributed by atoms with Crippen molar-refractivity contribution >= 4 is 33.3 Å². The molecule has 0 bridgehead atoms. The normalized spacial score (nSPS) is 14.1. The van der Waals surface area contributed by atoms with Gasteiger partial charge in [0.1, 0.15) is 30.5 Å². The van der Waals surface area contributed by atoms with Crippen molar-refractivity contribution in [1.29, 1.82) is 0 Å². The Morgan fingerprint density at radius 1 is 0.404 bits per heavy atom. The van der Waals surface area contributed by atoms with Crippen molar-refractivity contribution in [3.63, 3.8) is 0 Å². The molecule has 0 saturated heterocycles. The van der Waals surface area contributed by atoms with Gasteiger partial charge in [-0.2, -0.15) is 20.4 Å². The summed E-state index contributed by atoms with van der Waals surface area (Å²) in [4.78, 5) is 34.7. The lowest BCUT2D eigenvalue weighted by Gasteiger charge is -2.26. The lowest BCUT2D eigenvalue weighted by Crippen LogP contribution is -2.28. The quantitative estimate of drug-likeness (QED) is 0.0599. The molecule has 576 valence electrons. The van der Waals surface area contributed by atoms with Crippen LogP contribution in [0.25, 0.3) is 77.8 Å². The summed E-state index contributed by atoms with van der Waals surface area (Å²) in [5.41, 5.74) is 20.4. The van der Waals surface area contributed by atoms with Crippen LogP contribution in [0.5, 0.6) is 29.0 Å². The number of aryl methyl sites for hydroxylation is 1.